The summed E-state index contributed by atoms with van der Waals surface area (Å²) in [7, 11) is 0. The van der Waals surface area contributed by atoms with E-state index in [1.165, 1.54) is 280 Å². The molecule has 0 N–H and O–H groups in total. The van der Waals surface area contributed by atoms with Gasteiger partial charge in [-0.2, -0.15) is 0 Å². The van der Waals surface area contributed by atoms with Gasteiger partial charge in [-0.1, -0.05) is 347 Å². The maximum absolute atomic E-state index is 2.52. The molecule has 4 nitrogen and oxygen atoms in total. The third kappa shape index (κ3) is 11.4. The minimum Gasteiger partial charge on any atom is -0.309 e. The molecule has 0 aliphatic heterocycles. The van der Waals surface area contributed by atoms with Crippen molar-refractivity contribution in [2.45, 2.75) is 77.0 Å². The Morgan fingerprint density at radius 1 is 0.171 bits per heavy atom. The van der Waals surface area contributed by atoms with Crippen molar-refractivity contribution >= 4 is 213 Å². The number of hydrogen-bond acceptors (Lipinski definition) is 4. The van der Waals surface area contributed by atoms with E-state index < -0.39 is 0 Å². The van der Waals surface area contributed by atoms with Gasteiger partial charge in [0.15, 0.2) is 0 Å². The van der Waals surface area contributed by atoms with Crippen LogP contribution in [0.2, 0.25) is 0 Å². The van der Waals surface area contributed by atoms with Crippen LogP contribution in [-0.2, 0) is 21.7 Å². The molecule has 0 amide bonds. The quantitative estimate of drug-likeness (QED) is 0.167. The van der Waals surface area contributed by atoms with Gasteiger partial charge >= 0.3 is 0 Å². The number of rotatable bonds is 4. The maximum Gasteiger partial charge on any atom is 0.0634 e. The van der Waals surface area contributed by atoms with Crippen LogP contribution in [-0.4, -0.2) is 18.3 Å². The molecule has 28 aromatic rings. The number of para-hydroxylation sites is 4. The normalized spacial score (nSPS) is 14.2. The minimum absolute atomic E-state index is 0.0144. The maximum atomic E-state index is 2.52. The lowest BCUT2D eigenvalue weighted by Crippen LogP contribution is -2.18. The van der Waals surface area contributed by atoms with Gasteiger partial charge in [-0.15, -0.1) is 45.3 Å². The highest BCUT2D eigenvalue weighted by Crippen LogP contribution is 2.58. The van der Waals surface area contributed by atoms with Crippen molar-refractivity contribution in [3.8, 4) is 67.3 Å². The number of aromatic nitrogens is 4. The van der Waals surface area contributed by atoms with Gasteiger partial charge in [-0.05, 0) is 210 Å². The van der Waals surface area contributed by atoms with E-state index >= 15 is 0 Å². The van der Waals surface area contributed by atoms with Crippen LogP contribution < -0.4 is 0 Å². The van der Waals surface area contributed by atoms with E-state index in [1.54, 1.807) is 0 Å². The lowest BCUT2D eigenvalue weighted by Gasteiger charge is -2.25. The first-order valence-electron chi connectivity index (χ1n) is 48.8. The predicted octanol–water partition coefficient (Wildman–Crippen LogP) is 37.8. The molecule has 4 aliphatic carbocycles. The van der Waals surface area contributed by atoms with E-state index in [4.69, 9.17) is 0 Å². The highest BCUT2D eigenvalue weighted by Gasteiger charge is 2.42. The summed E-state index contributed by atoms with van der Waals surface area (Å²) in [6, 6.07) is 153. The largest absolute Gasteiger partial charge is 0.309 e. The minimum atomic E-state index is -0.0700. The number of hydrogen-bond donors (Lipinski definition) is 0. The molecule has 0 bridgehead atoms. The molecule has 8 heteroatoms. The first-order valence-corrected chi connectivity index (χ1v) is 52.1. The van der Waals surface area contributed by atoms with Crippen LogP contribution in [0.1, 0.15) is 99.9 Å². The Bertz CT molecular complexity index is 10200. The van der Waals surface area contributed by atoms with Crippen LogP contribution in [0.15, 0.2) is 413 Å². The van der Waals surface area contributed by atoms with Crippen LogP contribution in [0.25, 0.3) is 235 Å². The lowest BCUT2D eigenvalue weighted by atomic mass is 9.81. The molecular formula is C132H92N4S4. The molecule has 0 spiro atoms. The summed E-state index contributed by atoms with van der Waals surface area (Å²) in [5.74, 6) is 0. The van der Waals surface area contributed by atoms with Crippen LogP contribution in [0, 0.1) is 0 Å². The Morgan fingerprint density at radius 2 is 0.529 bits per heavy atom. The van der Waals surface area contributed by atoms with Gasteiger partial charge in [0.1, 0.15) is 0 Å². The van der Waals surface area contributed by atoms with E-state index in [-0.39, 0.29) is 21.7 Å². The molecule has 140 heavy (non-hydrogen) atoms. The molecular weight excluding hydrogens is 1770 g/mol. The second kappa shape index (κ2) is 30.0. The summed E-state index contributed by atoms with van der Waals surface area (Å²) in [6.07, 6.45) is 0. The van der Waals surface area contributed by atoms with Crippen LogP contribution in [0.5, 0.6) is 0 Å². The summed E-state index contributed by atoms with van der Waals surface area (Å²) in [5, 5.41) is 21.5. The zero-order valence-electron chi connectivity index (χ0n) is 78.7. The standard InChI is InChI=1S/4C33H23NS/c1-33(2)25-14-6-3-10-20(25)22-13-9-16-28(31(22)33)34-26-15-7-4-12-24(26)30-27(34)19-18-23-21-11-5-8-17-29(21)35-32(23)30;1-33(2)24-14-6-3-10-20(24)21-13-9-16-27(32(21)33)34-25-15-7-4-11-22(25)30-26(34)18-19-29-31(30)23-12-5-8-17-28(23)35-29;1-33(2)27-12-6-3-9-21(27)22-16-15-20(17-28(22)33)34-29-13-7-4-10-23(29)25-18-26-24-11-5-8-14-31(24)35-32(26)19-30(25)34;1-33(2)26-12-6-3-9-21(26)22-16-15-20(19-27(22)33)34-28-13-7-4-10-23(28)24-17-18-30-31(32(24)34)25-11-5-8-14-29(25)35-30/h4*3-19H,1-2H3. The summed E-state index contributed by atoms with van der Waals surface area (Å²) < 4.78 is 20.8. The Morgan fingerprint density at radius 3 is 1.07 bits per heavy atom. The Kier molecular flexibility index (Phi) is 17.5. The topological polar surface area (TPSA) is 19.7 Å². The van der Waals surface area contributed by atoms with Gasteiger partial charge in [-0.3, -0.25) is 0 Å². The monoisotopic (exact) mass is 1860 g/mol. The summed E-state index contributed by atoms with van der Waals surface area (Å²) in [6.45, 7) is 18.9. The van der Waals surface area contributed by atoms with Crippen molar-refractivity contribution in [2.24, 2.45) is 0 Å². The fourth-order valence-electron chi connectivity index (χ4n) is 25.7. The van der Waals surface area contributed by atoms with Crippen molar-refractivity contribution in [3.05, 3.63) is 457 Å². The fraction of sp³-hybridized carbons (Fsp3) is 0.0909. The third-order valence-electron chi connectivity index (χ3n) is 32.0. The average Bonchev–Trinajstić information content (AvgIpc) is 1.52. The van der Waals surface area contributed by atoms with Gasteiger partial charge in [0.2, 0.25) is 0 Å². The Labute approximate surface area is 826 Å². The van der Waals surface area contributed by atoms with E-state index in [0.29, 0.717) is 0 Å². The highest BCUT2D eigenvalue weighted by molar-refractivity contribution is 7.27. The Balaban J connectivity index is 0.0000000896. The van der Waals surface area contributed by atoms with Crippen molar-refractivity contribution in [2.75, 3.05) is 0 Å². The fourth-order valence-corrected chi connectivity index (χ4v) is 30.3. The number of thiophene rings is 4. The number of benzene rings is 20. The lowest BCUT2D eigenvalue weighted by molar-refractivity contribution is 0.656. The second-order valence-electron chi connectivity index (χ2n) is 40.7. The summed E-state index contributed by atoms with van der Waals surface area (Å²) >= 11 is 7.59. The van der Waals surface area contributed by atoms with Gasteiger partial charge in [0, 0.05) is 157 Å². The molecule has 4 aliphatic rings. The number of fused-ring (bicyclic) bond motifs is 39. The smallest absolute Gasteiger partial charge is 0.0634 e. The summed E-state index contributed by atoms with van der Waals surface area (Å²) in [5.41, 5.74) is 37.3. The molecule has 0 atom stereocenters. The van der Waals surface area contributed by atoms with Crippen molar-refractivity contribution in [1.29, 1.82) is 0 Å². The van der Waals surface area contributed by atoms with Gasteiger partial charge < -0.3 is 18.3 Å². The predicted molar refractivity (Wildman–Crippen MR) is 605 cm³/mol. The van der Waals surface area contributed by atoms with E-state index in [1.807, 2.05) is 45.3 Å². The molecule has 664 valence electrons. The van der Waals surface area contributed by atoms with Crippen LogP contribution in [0.3, 0.4) is 0 Å². The zero-order chi connectivity index (χ0) is 93.2. The van der Waals surface area contributed by atoms with E-state index in [2.05, 4.69) is 486 Å². The molecule has 0 fully saturated rings. The van der Waals surface area contributed by atoms with Crippen LogP contribution >= 0.6 is 45.3 Å². The van der Waals surface area contributed by atoms with Gasteiger partial charge in [0.05, 0.1) is 55.5 Å². The zero-order valence-corrected chi connectivity index (χ0v) is 81.9. The van der Waals surface area contributed by atoms with E-state index in [0.717, 1.165) is 0 Å². The van der Waals surface area contributed by atoms with Crippen LogP contribution in [0.4, 0.5) is 0 Å². The van der Waals surface area contributed by atoms with E-state index in [9.17, 15) is 0 Å². The molecule has 8 heterocycles. The number of nitrogens with zero attached hydrogens (tertiary/aromatic N) is 4. The van der Waals surface area contributed by atoms with Crippen molar-refractivity contribution in [3.63, 3.8) is 0 Å². The first kappa shape index (κ1) is 81.6. The second-order valence-corrected chi connectivity index (χ2v) is 45.0. The third-order valence-corrected chi connectivity index (χ3v) is 36.6. The van der Waals surface area contributed by atoms with Gasteiger partial charge in [-0.25, -0.2) is 0 Å². The van der Waals surface area contributed by atoms with Gasteiger partial charge in [0.25, 0.3) is 0 Å². The molecule has 0 unspecified atom stereocenters. The Hall–Kier alpha value is -15.5. The highest BCUT2D eigenvalue weighted by atomic mass is 32.1. The average molecular weight is 1860 g/mol. The molecule has 0 saturated carbocycles. The SMILES string of the molecule is CC1(C)c2ccccc2-c2ccc(-n3c4ccccc4c4cc5c(cc43)sc3ccccc35)cc21.CC1(C)c2ccccc2-c2ccc(-n3c4ccccc4c4ccc5sc6ccccc6c5c43)cc21.CC1(C)c2ccccc2-c2cccc(-n3c4ccccc4c4c5c(ccc43)sc3ccccc35)c21.CC1(C)c2ccccc2-c2cccc(-n3c4ccccc4c4c5sc6ccccc6c5ccc43)c21. The molecule has 32 rings (SSSR count). The molecule has 20 aromatic carbocycles. The van der Waals surface area contributed by atoms with Crippen molar-refractivity contribution in [1.82, 2.24) is 18.3 Å². The molecule has 0 saturated heterocycles. The van der Waals surface area contributed by atoms with Crippen molar-refractivity contribution < 1.29 is 0 Å². The molecule has 8 aromatic heterocycles. The summed E-state index contributed by atoms with van der Waals surface area (Å²) in [4.78, 5) is 0. The first-order chi connectivity index (χ1) is 68.5. The molecule has 0 radical (unpaired) electrons.